The quantitative estimate of drug-likeness (QED) is 0.272. The third kappa shape index (κ3) is 7.82. The monoisotopic (exact) mass is 410 g/mol. The van der Waals surface area contributed by atoms with E-state index in [9.17, 15) is 31.5 Å². The molecule has 1 rings (SSSR count). The molecule has 0 fully saturated rings. The second-order valence-corrected chi connectivity index (χ2v) is 6.26. The molecule has 0 aliphatic heterocycles. The zero-order valence-corrected chi connectivity index (χ0v) is 15.5. The minimum absolute atomic E-state index is 0.128. The van der Waals surface area contributed by atoms with Crippen LogP contribution in [0.5, 0.6) is 0 Å². The van der Waals surface area contributed by atoms with E-state index in [0.717, 1.165) is 44.2 Å². The molecule has 0 aliphatic carbocycles. The van der Waals surface area contributed by atoms with Crippen molar-refractivity contribution in [2.75, 3.05) is 13.2 Å². The average molecular weight is 410 g/mol. The van der Waals surface area contributed by atoms with E-state index < -0.39 is 30.6 Å². The summed E-state index contributed by atoms with van der Waals surface area (Å²) in [5.74, 6) is -7.10. The molecule has 0 unspecified atom stereocenters. The molecule has 0 heterocycles. The molecule has 4 nitrogen and oxygen atoms in total. The van der Waals surface area contributed by atoms with Gasteiger partial charge in [0.1, 0.15) is 0 Å². The Hall–Kier alpha value is -2.19. The molecular formula is C19H23F5O4. The van der Waals surface area contributed by atoms with Crippen molar-refractivity contribution < 1.29 is 41.0 Å². The molecule has 158 valence electrons. The normalized spacial score (nSPS) is 11.9. The molecule has 0 aliphatic rings. The molecule has 0 radical (unpaired) electrons. The number of rotatable bonds is 11. The number of benzene rings is 1. The topological polar surface area (TPSA) is 52.6 Å². The van der Waals surface area contributed by atoms with E-state index in [4.69, 9.17) is 4.74 Å². The van der Waals surface area contributed by atoms with Gasteiger partial charge < -0.3 is 9.47 Å². The predicted molar refractivity (Wildman–Crippen MR) is 91.4 cm³/mol. The summed E-state index contributed by atoms with van der Waals surface area (Å²) in [6.45, 7) is 0.253. The first kappa shape index (κ1) is 23.8. The van der Waals surface area contributed by atoms with Gasteiger partial charge in [0.25, 0.3) is 0 Å². The Bertz CT molecular complexity index is 626. The largest absolute Gasteiger partial charge is 0.462 e. The molecule has 9 heteroatoms. The highest BCUT2D eigenvalue weighted by molar-refractivity contribution is 5.93. The third-order valence-electron chi connectivity index (χ3n) is 3.89. The number of unbranched alkanes of at least 4 members (excludes halogenated alkanes) is 5. The molecule has 0 aromatic heterocycles. The van der Waals surface area contributed by atoms with Crippen LogP contribution < -0.4 is 0 Å². The standard InChI is InChI=1S/C19H23F5O4/c1-2-3-4-5-6-7-12-27-16(25)14-8-10-15(11-9-14)17(26)28-13-18(20,21)19(22,23)24/h8-11H,2-7,12-13H2,1H3. The van der Waals surface area contributed by atoms with Gasteiger partial charge >= 0.3 is 24.0 Å². The van der Waals surface area contributed by atoms with Crippen LogP contribution in [0, 0.1) is 0 Å². The smallest absolute Gasteiger partial charge is 0.456 e. The number of carbonyl (C=O) groups is 2. The van der Waals surface area contributed by atoms with Crippen LogP contribution in [0.15, 0.2) is 24.3 Å². The molecule has 0 saturated carbocycles. The van der Waals surface area contributed by atoms with Crippen molar-refractivity contribution in [1.82, 2.24) is 0 Å². The maximum absolute atomic E-state index is 12.7. The molecule has 0 amide bonds. The fourth-order valence-corrected chi connectivity index (χ4v) is 2.19. The Morgan fingerprint density at radius 3 is 1.75 bits per heavy atom. The fourth-order valence-electron chi connectivity index (χ4n) is 2.19. The van der Waals surface area contributed by atoms with Crippen LogP contribution in [0.25, 0.3) is 0 Å². The van der Waals surface area contributed by atoms with Gasteiger partial charge in [-0.25, -0.2) is 9.59 Å². The van der Waals surface area contributed by atoms with Crippen molar-refractivity contribution in [2.24, 2.45) is 0 Å². The lowest BCUT2D eigenvalue weighted by molar-refractivity contribution is -0.292. The Balaban J connectivity index is 2.43. The highest BCUT2D eigenvalue weighted by Crippen LogP contribution is 2.35. The van der Waals surface area contributed by atoms with Gasteiger partial charge in [-0.3, -0.25) is 0 Å². The van der Waals surface area contributed by atoms with Crippen molar-refractivity contribution >= 4 is 11.9 Å². The van der Waals surface area contributed by atoms with E-state index in [1.165, 1.54) is 18.6 Å². The number of hydrogen-bond donors (Lipinski definition) is 0. The number of hydrogen-bond acceptors (Lipinski definition) is 4. The van der Waals surface area contributed by atoms with Gasteiger partial charge in [-0.2, -0.15) is 22.0 Å². The molecule has 28 heavy (non-hydrogen) atoms. The first-order valence-electron chi connectivity index (χ1n) is 8.97. The Labute approximate surface area is 160 Å². The van der Waals surface area contributed by atoms with Crippen LogP contribution in [-0.4, -0.2) is 37.3 Å². The van der Waals surface area contributed by atoms with Crippen LogP contribution in [0.1, 0.15) is 66.2 Å². The molecule has 1 aromatic carbocycles. The van der Waals surface area contributed by atoms with E-state index in [0.29, 0.717) is 0 Å². The van der Waals surface area contributed by atoms with Crippen LogP contribution in [0.3, 0.4) is 0 Å². The van der Waals surface area contributed by atoms with Gasteiger partial charge in [0, 0.05) is 0 Å². The summed E-state index contributed by atoms with van der Waals surface area (Å²) < 4.78 is 70.7. The van der Waals surface area contributed by atoms with E-state index in [2.05, 4.69) is 11.7 Å². The van der Waals surface area contributed by atoms with Crippen molar-refractivity contribution in [3.8, 4) is 0 Å². The van der Waals surface area contributed by atoms with Crippen LogP contribution in [-0.2, 0) is 9.47 Å². The first-order chi connectivity index (χ1) is 13.1. The second kappa shape index (κ2) is 11.0. The SMILES string of the molecule is CCCCCCCCOC(=O)c1ccc(C(=O)OCC(F)(F)C(F)(F)F)cc1. The van der Waals surface area contributed by atoms with Crippen molar-refractivity contribution in [1.29, 1.82) is 0 Å². The molecular weight excluding hydrogens is 387 g/mol. The summed E-state index contributed by atoms with van der Waals surface area (Å²) in [4.78, 5) is 23.4. The maximum atomic E-state index is 12.7. The maximum Gasteiger partial charge on any atom is 0.456 e. The fraction of sp³-hybridized carbons (Fsp3) is 0.579. The van der Waals surface area contributed by atoms with Crippen molar-refractivity contribution in [3.05, 3.63) is 35.4 Å². The molecule has 1 aromatic rings. The van der Waals surface area contributed by atoms with Gasteiger partial charge in [-0.1, -0.05) is 39.0 Å². The van der Waals surface area contributed by atoms with Gasteiger partial charge in [0.05, 0.1) is 17.7 Å². The van der Waals surface area contributed by atoms with E-state index in [1.54, 1.807) is 0 Å². The summed E-state index contributed by atoms with van der Waals surface area (Å²) in [5, 5.41) is 0. The lowest BCUT2D eigenvalue weighted by Crippen LogP contribution is -2.41. The molecule has 0 saturated heterocycles. The lowest BCUT2D eigenvalue weighted by atomic mass is 10.1. The van der Waals surface area contributed by atoms with Gasteiger partial charge in [0.15, 0.2) is 6.61 Å². The van der Waals surface area contributed by atoms with Crippen LogP contribution in [0.4, 0.5) is 22.0 Å². The minimum atomic E-state index is -5.81. The molecule has 0 spiro atoms. The summed E-state index contributed by atoms with van der Waals surface area (Å²) in [5.41, 5.74) is -0.131. The Kier molecular flexibility index (Phi) is 9.34. The average Bonchev–Trinajstić information content (AvgIpc) is 2.64. The second-order valence-electron chi connectivity index (χ2n) is 6.26. The summed E-state index contributed by atoms with van der Waals surface area (Å²) in [6, 6.07) is 4.61. The number of esters is 2. The summed E-state index contributed by atoms with van der Waals surface area (Å²) in [7, 11) is 0. The number of carbonyl (C=O) groups excluding carboxylic acids is 2. The van der Waals surface area contributed by atoms with Gasteiger partial charge in [0.2, 0.25) is 0 Å². The summed E-state index contributed by atoms with van der Waals surface area (Å²) >= 11 is 0. The number of halogens is 5. The molecule has 0 N–H and O–H groups in total. The predicted octanol–water partition coefficient (Wildman–Crippen LogP) is 5.56. The first-order valence-corrected chi connectivity index (χ1v) is 8.97. The Morgan fingerprint density at radius 2 is 1.25 bits per heavy atom. The third-order valence-corrected chi connectivity index (χ3v) is 3.89. The zero-order valence-electron chi connectivity index (χ0n) is 15.5. The van der Waals surface area contributed by atoms with Gasteiger partial charge in [-0.15, -0.1) is 0 Å². The van der Waals surface area contributed by atoms with Crippen molar-refractivity contribution in [3.63, 3.8) is 0 Å². The highest BCUT2D eigenvalue weighted by atomic mass is 19.4. The minimum Gasteiger partial charge on any atom is -0.462 e. The highest BCUT2D eigenvalue weighted by Gasteiger charge is 2.58. The number of alkyl halides is 5. The van der Waals surface area contributed by atoms with E-state index >= 15 is 0 Å². The lowest BCUT2D eigenvalue weighted by Gasteiger charge is -2.19. The Morgan fingerprint density at radius 1 is 0.786 bits per heavy atom. The van der Waals surface area contributed by atoms with E-state index in [1.807, 2.05) is 0 Å². The van der Waals surface area contributed by atoms with Crippen LogP contribution in [0.2, 0.25) is 0 Å². The van der Waals surface area contributed by atoms with E-state index in [-0.39, 0.29) is 17.7 Å². The molecule has 0 bridgehead atoms. The zero-order chi connectivity index (χ0) is 21.2. The number of ether oxygens (including phenoxy) is 2. The molecule has 0 atom stereocenters. The summed E-state index contributed by atoms with van der Waals surface area (Å²) in [6.07, 6.45) is 0.378. The van der Waals surface area contributed by atoms with Gasteiger partial charge in [-0.05, 0) is 30.7 Å². The van der Waals surface area contributed by atoms with Crippen LogP contribution >= 0.6 is 0 Å². The van der Waals surface area contributed by atoms with Crippen molar-refractivity contribution in [2.45, 2.75) is 57.5 Å².